The summed E-state index contributed by atoms with van der Waals surface area (Å²) in [5.74, 6) is 0.237. The van der Waals surface area contributed by atoms with E-state index in [2.05, 4.69) is 16.0 Å². The molecule has 0 aliphatic carbocycles. The largest absolute Gasteiger partial charge is 0.396 e. The van der Waals surface area contributed by atoms with Crippen molar-refractivity contribution in [3.8, 4) is 0 Å². The maximum atomic E-state index is 12.3. The van der Waals surface area contributed by atoms with Crippen LogP contribution in [0.5, 0.6) is 0 Å². The minimum Gasteiger partial charge on any atom is -0.396 e. The second-order valence-corrected chi connectivity index (χ2v) is 7.70. The van der Waals surface area contributed by atoms with Crippen molar-refractivity contribution < 1.29 is 19.4 Å². The number of anilines is 2. The van der Waals surface area contributed by atoms with Crippen LogP contribution >= 0.6 is 0 Å². The summed E-state index contributed by atoms with van der Waals surface area (Å²) in [6, 6.07) is 5.08. The fourth-order valence-corrected chi connectivity index (χ4v) is 3.11. The van der Waals surface area contributed by atoms with E-state index in [-0.39, 0.29) is 29.9 Å². The lowest BCUT2D eigenvalue weighted by Crippen LogP contribution is -2.44. The Morgan fingerprint density at radius 2 is 1.81 bits per heavy atom. The predicted octanol–water partition coefficient (Wildman–Crippen LogP) is 2.89. The minimum atomic E-state index is -0.330. The molecule has 7 heteroatoms. The lowest BCUT2D eigenvalue weighted by atomic mass is 9.81. The molecule has 1 aromatic rings. The first kappa shape index (κ1) is 21.2. The predicted molar refractivity (Wildman–Crippen MR) is 106 cm³/mol. The molecule has 27 heavy (non-hydrogen) atoms. The van der Waals surface area contributed by atoms with Crippen molar-refractivity contribution in [3.05, 3.63) is 23.8 Å². The molecule has 7 nitrogen and oxygen atoms in total. The van der Waals surface area contributed by atoms with Crippen molar-refractivity contribution in [2.45, 2.75) is 40.0 Å². The number of hydrogen-bond acceptors (Lipinski definition) is 4. The molecular formula is C20H31N3O4. The van der Waals surface area contributed by atoms with Gasteiger partial charge in [0.15, 0.2) is 0 Å². The Hall–Kier alpha value is -2.12. The van der Waals surface area contributed by atoms with Gasteiger partial charge in [-0.1, -0.05) is 19.9 Å². The highest BCUT2D eigenvalue weighted by Gasteiger charge is 2.32. The van der Waals surface area contributed by atoms with Crippen LogP contribution in [0.15, 0.2) is 18.2 Å². The standard InChI is InChI=1S/C20H31N3O4/c1-14(2)11-18(25)22-16-5-4-6-17(15(16)3)23-19(26)21-12-20(13-24)7-9-27-10-8-20/h4-6,14,24H,7-13H2,1-3H3,(H,22,25)(H2,21,23,26). The number of carbonyl (C=O) groups is 2. The quantitative estimate of drug-likeness (QED) is 0.587. The number of urea groups is 1. The summed E-state index contributed by atoms with van der Waals surface area (Å²) >= 11 is 0. The molecule has 1 aromatic carbocycles. The molecule has 1 aliphatic heterocycles. The third-order valence-corrected chi connectivity index (χ3v) is 4.96. The number of nitrogens with one attached hydrogen (secondary N) is 3. The summed E-state index contributed by atoms with van der Waals surface area (Å²) in [6.07, 6.45) is 1.89. The highest BCUT2D eigenvalue weighted by Crippen LogP contribution is 2.29. The van der Waals surface area contributed by atoms with Crippen molar-refractivity contribution in [2.75, 3.05) is 37.0 Å². The van der Waals surface area contributed by atoms with E-state index in [0.29, 0.717) is 37.6 Å². The minimum absolute atomic E-state index is 0.0209. The molecule has 0 atom stereocenters. The van der Waals surface area contributed by atoms with Gasteiger partial charge in [0, 0.05) is 43.0 Å². The van der Waals surface area contributed by atoms with Gasteiger partial charge in [-0.25, -0.2) is 4.79 Å². The van der Waals surface area contributed by atoms with Crippen LogP contribution in [0.25, 0.3) is 0 Å². The Kier molecular flexibility index (Phi) is 7.62. The van der Waals surface area contributed by atoms with Crippen LogP contribution < -0.4 is 16.0 Å². The lowest BCUT2D eigenvalue weighted by Gasteiger charge is -2.35. The number of aliphatic hydroxyl groups is 1. The third-order valence-electron chi connectivity index (χ3n) is 4.96. The van der Waals surface area contributed by atoms with Gasteiger partial charge in [-0.3, -0.25) is 4.79 Å². The first-order chi connectivity index (χ1) is 12.8. The second kappa shape index (κ2) is 9.71. The summed E-state index contributed by atoms with van der Waals surface area (Å²) in [7, 11) is 0. The Balaban J connectivity index is 1.95. The number of ether oxygens (including phenoxy) is 1. The van der Waals surface area contributed by atoms with Crippen LogP contribution in [0.1, 0.15) is 38.7 Å². The number of aliphatic hydroxyl groups excluding tert-OH is 1. The van der Waals surface area contributed by atoms with Gasteiger partial charge < -0.3 is 25.8 Å². The van der Waals surface area contributed by atoms with Crippen LogP contribution in [0.4, 0.5) is 16.2 Å². The van der Waals surface area contributed by atoms with E-state index in [9.17, 15) is 14.7 Å². The highest BCUT2D eigenvalue weighted by molar-refractivity contribution is 5.95. The van der Waals surface area contributed by atoms with Crippen molar-refractivity contribution in [1.82, 2.24) is 5.32 Å². The van der Waals surface area contributed by atoms with E-state index in [0.717, 1.165) is 18.4 Å². The molecule has 150 valence electrons. The van der Waals surface area contributed by atoms with E-state index in [1.165, 1.54) is 0 Å². The number of carbonyl (C=O) groups excluding carboxylic acids is 2. The smallest absolute Gasteiger partial charge is 0.319 e. The first-order valence-corrected chi connectivity index (χ1v) is 9.48. The zero-order chi connectivity index (χ0) is 19.9. The number of hydrogen-bond donors (Lipinski definition) is 4. The Labute approximate surface area is 160 Å². The van der Waals surface area contributed by atoms with E-state index in [4.69, 9.17) is 4.74 Å². The van der Waals surface area contributed by atoms with Crippen LogP contribution in [0.2, 0.25) is 0 Å². The third kappa shape index (κ3) is 6.22. The summed E-state index contributed by atoms with van der Waals surface area (Å²) in [5.41, 5.74) is 1.80. The van der Waals surface area contributed by atoms with Gasteiger partial charge in [-0.2, -0.15) is 0 Å². The van der Waals surface area contributed by atoms with Crippen molar-refractivity contribution in [3.63, 3.8) is 0 Å². The van der Waals surface area contributed by atoms with E-state index >= 15 is 0 Å². The lowest BCUT2D eigenvalue weighted by molar-refractivity contribution is -0.116. The molecule has 3 amide bonds. The molecule has 2 rings (SSSR count). The van der Waals surface area contributed by atoms with E-state index in [1.54, 1.807) is 12.1 Å². The van der Waals surface area contributed by atoms with Gasteiger partial charge in [0.25, 0.3) is 0 Å². The number of benzene rings is 1. The molecule has 1 aliphatic rings. The molecule has 0 saturated carbocycles. The van der Waals surface area contributed by atoms with E-state index in [1.807, 2.05) is 26.8 Å². The summed E-state index contributed by atoms with van der Waals surface area (Å²) in [4.78, 5) is 24.3. The molecule has 4 N–H and O–H groups in total. The van der Waals surface area contributed by atoms with E-state index < -0.39 is 0 Å². The van der Waals surface area contributed by atoms with Crippen molar-refractivity contribution in [2.24, 2.45) is 11.3 Å². The zero-order valence-electron chi connectivity index (χ0n) is 16.4. The topological polar surface area (TPSA) is 99.7 Å². The molecule has 0 unspecified atom stereocenters. The zero-order valence-corrected chi connectivity index (χ0v) is 16.4. The number of rotatable bonds is 7. The molecule has 1 saturated heterocycles. The molecule has 1 heterocycles. The molecule has 0 spiro atoms. The monoisotopic (exact) mass is 377 g/mol. The molecule has 0 radical (unpaired) electrons. The normalized spacial score (nSPS) is 16.0. The average molecular weight is 377 g/mol. The van der Waals surface area contributed by atoms with Gasteiger partial charge >= 0.3 is 6.03 Å². The van der Waals surface area contributed by atoms with Gasteiger partial charge in [0.1, 0.15) is 0 Å². The average Bonchev–Trinajstić information content (AvgIpc) is 2.63. The van der Waals surface area contributed by atoms with Gasteiger partial charge in [-0.15, -0.1) is 0 Å². The summed E-state index contributed by atoms with van der Waals surface area (Å²) < 4.78 is 5.34. The van der Waals surface area contributed by atoms with Crippen molar-refractivity contribution in [1.29, 1.82) is 0 Å². The maximum Gasteiger partial charge on any atom is 0.319 e. The van der Waals surface area contributed by atoms with Crippen LogP contribution in [-0.2, 0) is 9.53 Å². The highest BCUT2D eigenvalue weighted by atomic mass is 16.5. The number of amides is 3. The fourth-order valence-electron chi connectivity index (χ4n) is 3.11. The van der Waals surface area contributed by atoms with Gasteiger partial charge in [-0.05, 0) is 43.4 Å². The summed E-state index contributed by atoms with van der Waals surface area (Å²) in [6.45, 7) is 7.45. The molecular weight excluding hydrogens is 346 g/mol. The molecule has 1 fully saturated rings. The van der Waals surface area contributed by atoms with Crippen LogP contribution in [0, 0.1) is 18.3 Å². The first-order valence-electron chi connectivity index (χ1n) is 9.48. The molecule has 0 bridgehead atoms. The van der Waals surface area contributed by atoms with Crippen LogP contribution in [-0.4, -0.2) is 43.4 Å². The second-order valence-electron chi connectivity index (χ2n) is 7.70. The Morgan fingerprint density at radius 1 is 1.19 bits per heavy atom. The van der Waals surface area contributed by atoms with Gasteiger partial charge in [0.05, 0.1) is 6.61 Å². The fraction of sp³-hybridized carbons (Fsp3) is 0.600. The Morgan fingerprint density at radius 3 is 2.41 bits per heavy atom. The van der Waals surface area contributed by atoms with Crippen molar-refractivity contribution >= 4 is 23.3 Å². The SMILES string of the molecule is Cc1c(NC(=O)CC(C)C)cccc1NC(=O)NCC1(CO)CCOCC1. The van der Waals surface area contributed by atoms with Crippen LogP contribution in [0.3, 0.4) is 0 Å². The maximum absolute atomic E-state index is 12.3. The Bertz CT molecular complexity index is 655. The summed E-state index contributed by atoms with van der Waals surface area (Å²) in [5, 5.41) is 18.3. The molecule has 0 aromatic heterocycles. The van der Waals surface area contributed by atoms with Gasteiger partial charge in [0.2, 0.25) is 5.91 Å².